The van der Waals surface area contributed by atoms with Crippen molar-refractivity contribution in [3.8, 4) is 0 Å². The van der Waals surface area contributed by atoms with Crippen molar-refractivity contribution in [1.82, 2.24) is 4.90 Å². The summed E-state index contributed by atoms with van der Waals surface area (Å²) in [6.07, 6.45) is 0.811. The minimum atomic E-state index is -0.984. The molecule has 6 nitrogen and oxygen atoms in total. The van der Waals surface area contributed by atoms with E-state index in [9.17, 15) is 9.59 Å². The van der Waals surface area contributed by atoms with E-state index in [4.69, 9.17) is 22.1 Å². The van der Waals surface area contributed by atoms with Crippen LogP contribution in [0.2, 0.25) is 5.02 Å². The molecule has 1 aromatic carbocycles. The van der Waals surface area contributed by atoms with Crippen LogP contribution in [0, 0.1) is 6.92 Å². The van der Waals surface area contributed by atoms with Gasteiger partial charge in [0.25, 0.3) is 0 Å². The van der Waals surface area contributed by atoms with Crippen molar-refractivity contribution >= 4 is 35.0 Å². The molecule has 1 atom stereocenters. The maximum Gasteiger partial charge on any atom is 0.411 e. The summed E-state index contributed by atoms with van der Waals surface area (Å²) in [6.45, 7) is 9.42. The summed E-state index contributed by atoms with van der Waals surface area (Å²) in [7, 11) is 0. The second-order valence-corrected chi connectivity index (χ2v) is 8.00. The molecule has 138 valence electrons. The van der Waals surface area contributed by atoms with Crippen LogP contribution < -0.4 is 11.1 Å². The number of carbonyl (C=O) groups is 2. The Balaban J connectivity index is 2.22. The Morgan fingerprint density at radius 2 is 2.00 bits per heavy atom. The highest BCUT2D eigenvalue weighted by Gasteiger charge is 2.47. The highest BCUT2D eigenvalue weighted by molar-refractivity contribution is 6.32. The average Bonchev–Trinajstić information content (AvgIpc) is 2.89. The number of nitrogens with one attached hydrogen (secondary N) is 1. The number of nitrogens with two attached hydrogens (primary N) is 1. The number of anilines is 2. The lowest BCUT2D eigenvalue weighted by Gasteiger charge is -2.35. The van der Waals surface area contributed by atoms with Crippen LogP contribution in [0.5, 0.6) is 0 Å². The molecule has 1 aliphatic rings. The lowest BCUT2D eigenvalue weighted by molar-refractivity contribution is -0.125. The Kier molecular flexibility index (Phi) is 5.23. The van der Waals surface area contributed by atoms with E-state index in [0.717, 1.165) is 6.42 Å². The van der Waals surface area contributed by atoms with Crippen LogP contribution in [0.25, 0.3) is 0 Å². The summed E-state index contributed by atoms with van der Waals surface area (Å²) in [5.41, 5.74) is 6.07. The van der Waals surface area contributed by atoms with E-state index in [2.05, 4.69) is 5.32 Å². The molecule has 1 unspecified atom stereocenters. The summed E-state index contributed by atoms with van der Waals surface area (Å²) in [5, 5.41) is 3.38. The van der Waals surface area contributed by atoms with Gasteiger partial charge in [-0.3, -0.25) is 9.69 Å². The van der Waals surface area contributed by atoms with Crippen LogP contribution in [0.3, 0.4) is 0 Å². The van der Waals surface area contributed by atoms with E-state index in [0.29, 0.717) is 34.9 Å². The fraction of sp³-hybridized carbons (Fsp3) is 0.556. The smallest absolute Gasteiger partial charge is 0.411 e. The van der Waals surface area contributed by atoms with Crippen molar-refractivity contribution in [3.05, 3.63) is 22.7 Å². The van der Waals surface area contributed by atoms with Crippen molar-refractivity contribution in [2.75, 3.05) is 17.6 Å². The molecule has 2 amide bonds. The van der Waals surface area contributed by atoms with E-state index >= 15 is 0 Å². The summed E-state index contributed by atoms with van der Waals surface area (Å²) >= 11 is 6.04. The number of halogens is 1. The SMILES string of the molecule is Cc1c(Cl)ccc(NC(=O)C2(C)CCCN2C(=O)OC(C)(C)C)c1N. The second kappa shape index (κ2) is 6.75. The summed E-state index contributed by atoms with van der Waals surface area (Å²) < 4.78 is 5.44. The molecule has 1 aliphatic heterocycles. The molecular weight excluding hydrogens is 342 g/mol. The lowest BCUT2D eigenvalue weighted by atomic mass is 9.97. The first-order chi connectivity index (χ1) is 11.5. The Labute approximate surface area is 153 Å². The molecule has 1 heterocycles. The van der Waals surface area contributed by atoms with E-state index in [1.807, 2.05) is 0 Å². The molecule has 1 aromatic rings. The van der Waals surface area contributed by atoms with E-state index in [1.54, 1.807) is 46.8 Å². The third-order valence-electron chi connectivity index (χ3n) is 4.44. The zero-order valence-corrected chi connectivity index (χ0v) is 16.2. The Hall–Kier alpha value is -1.95. The molecular formula is C18H26ClN3O3. The Bertz CT molecular complexity index is 700. The maximum atomic E-state index is 12.9. The van der Waals surface area contributed by atoms with Crippen molar-refractivity contribution in [1.29, 1.82) is 0 Å². The molecule has 0 radical (unpaired) electrons. The highest BCUT2D eigenvalue weighted by atomic mass is 35.5. The van der Waals surface area contributed by atoms with Gasteiger partial charge >= 0.3 is 6.09 Å². The van der Waals surface area contributed by atoms with Crippen LogP contribution in [0.15, 0.2) is 12.1 Å². The number of nitrogen functional groups attached to an aromatic ring is 1. The van der Waals surface area contributed by atoms with Gasteiger partial charge in [-0.1, -0.05) is 11.6 Å². The number of nitrogens with zero attached hydrogens (tertiary/aromatic N) is 1. The second-order valence-electron chi connectivity index (χ2n) is 7.60. The van der Waals surface area contributed by atoms with E-state index in [-0.39, 0.29) is 5.91 Å². The minimum absolute atomic E-state index is 0.288. The maximum absolute atomic E-state index is 12.9. The van der Waals surface area contributed by atoms with Crippen LogP contribution in [-0.2, 0) is 9.53 Å². The fourth-order valence-electron chi connectivity index (χ4n) is 2.88. The first-order valence-corrected chi connectivity index (χ1v) is 8.70. The van der Waals surface area contributed by atoms with Crippen LogP contribution >= 0.6 is 11.6 Å². The monoisotopic (exact) mass is 367 g/mol. The number of rotatable bonds is 2. The molecule has 0 bridgehead atoms. The van der Waals surface area contributed by atoms with E-state index < -0.39 is 17.2 Å². The van der Waals surface area contributed by atoms with Crippen LogP contribution in [-0.4, -0.2) is 34.6 Å². The van der Waals surface area contributed by atoms with Gasteiger partial charge in [0.2, 0.25) is 5.91 Å². The third kappa shape index (κ3) is 4.00. The van der Waals surface area contributed by atoms with Crippen molar-refractivity contribution < 1.29 is 14.3 Å². The molecule has 0 saturated carbocycles. The zero-order valence-electron chi connectivity index (χ0n) is 15.4. The number of hydrogen-bond acceptors (Lipinski definition) is 4. The molecule has 0 spiro atoms. The number of carbonyl (C=O) groups excluding carboxylic acids is 2. The van der Waals surface area contributed by atoms with Gasteiger partial charge in [-0.05, 0) is 65.2 Å². The van der Waals surface area contributed by atoms with Crippen molar-refractivity contribution in [2.24, 2.45) is 0 Å². The van der Waals surface area contributed by atoms with Crippen molar-refractivity contribution in [3.63, 3.8) is 0 Å². The molecule has 0 aliphatic carbocycles. The number of likely N-dealkylation sites (tertiary alicyclic amines) is 1. The first kappa shape index (κ1) is 19.4. The molecule has 3 N–H and O–H groups in total. The summed E-state index contributed by atoms with van der Waals surface area (Å²) in [4.78, 5) is 26.9. The predicted octanol–water partition coefficient (Wildman–Crippen LogP) is 3.96. The molecule has 25 heavy (non-hydrogen) atoms. The number of ether oxygens (including phenoxy) is 1. The zero-order chi connectivity index (χ0) is 19.0. The van der Waals surface area contributed by atoms with Gasteiger partial charge in [-0.15, -0.1) is 0 Å². The lowest BCUT2D eigenvalue weighted by Crippen LogP contribution is -2.54. The first-order valence-electron chi connectivity index (χ1n) is 8.32. The number of amides is 2. The van der Waals surface area contributed by atoms with Crippen LogP contribution in [0.4, 0.5) is 16.2 Å². The normalized spacial score (nSPS) is 20.5. The highest BCUT2D eigenvalue weighted by Crippen LogP contribution is 2.34. The number of hydrogen-bond donors (Lipinski definition) is 2. The van der Waals surface area contributed by atoms with Gasteiger partial charge in [0, 0.05) is 11.6 Å². The van der Waals surface area contributed by atoms with Gasteiger partial charge in [0.15, 0.2) is 0 Å². The summed E-state index contributed by atoms with van der Waals surface area (Å²) in [6, 6.07) is 3.35. The topological polar surface area (TPSA) is 84.7 Å². The molecule has 1 fully saturated rings. The standard InChI is InChI=1S/C18H26ClN3O3/c1-11-12(19)7-8-13(14(11)20)21-15(23)18(5)9-6-10-22(18)16(24)25-17(2,3)4/h7-8H,6,9-10,20H2,1-5H3,(H,21,23). The van der Waals surface area contributed by atoms with Crippen molar-refractivity contribution in [2.45, 2.75) is 58.6 Å². The van der Waals surface area contributed by atoms with Gasteiger partial charge in [-0.2, -0.15) is 0 Å². The van der Waals surface area contributed by atoms with Gasteiger partial charge in [0.1, 0.15) is 11.1 Å². The number of benzene rings is 1. The molecule has 7 heteroatoms. The van der Waals surface area contributed by atoms with Gasteiger partial charge in [0.05, 0.1) is 11.4 Å². The minimum Gasteiger partial charge on any atom is -0.444 e. The van der Waals surface area contributed by atoms with Gasteiger partial charge < -0.3 is 15.8 Å². The Morgan fingerprint density at radius 1 is 1.36 bits per heavy atom. The fourth-order valence-corrected chi connectivity index (χ4v) is 3.04. The molecule has 0 aromatic heterocycles. The quantitative estimate of drug-likeness (QED) is 0.775. The predicted molar refractivity (Wildman–Crippen MR) is 99.8 cm³/mol. The van der Waals surface area contributed by atoms with Crippen LogP contribution in [0.1, 0.15) is 46.1 Å². The third-order valence-corrected chi connectivity index (χ3v) is 4.85. The molecule has 1 saturated heterocycles. The Morgan fingerprint density at radius 3 is 2.60 bits per heavy atom. The largest absolute Gasteiger partial charge is 0.444 e. The summed E-state index contributed by atoms with van der Waals surface area (Å²) in [5.74, 6) is -0.288. The van der Waals surface area contributed by atoms with Gasteiger partial charge in [-0.25, -0.2) is 4.79 Å². The van der Waals surface area contributed by atoms with E-state index in [1.165, 1.54) is 4.90 Å². The average molecular weight is 368 g/mol. The molecule has 2 rings (SSSR count).